The Bertz CT molecular complexity index is 1100. The van der Waals surface area contributed by atoms with Gasteiger partial charge in [-0.25, -0.2) is 4.79 Å². The van der Waals surface area contributed by atoms with E-state index >= 15 is 0 Å². The molecule has 32 heavy (non-hydrogen) atoms. The summed E-state index contributed by atoms with van der Waals surface area (Å²) in [4.78, 5) is 40.2. The highest BCUT2D eigenvalue weighted by molar-refractivity contribution is 6.01. The van der Waals surface area contributed by atoms with E-state index in [9.17, 15) is 14.4 Å². The van der Waals surface area contributed by atoms with Gasteiger partial charge < -0.3 is 19.5 Å². The molecule has 1 saturated heterocycles. The first-order valence-corrected chi connectivity index (χ1v) is 11.6. The fourth-order valence-corrected chi connectivity index (χ4v) is 5.21. The van der Waals surface area contributed by atoms with Gasteiger partial charge in [0.1, 0.15) is 12.3 Å². The third-order valence-electron chi connectivity index (χ3n) is 7.09. The summed E-state index contributed by atoms with van der Waals surface area (Å²) in [5.41, 5.74) is 4.57. The molecule has 2 amide bonds. The SMILES string of the molecule is CC1CCCN1C(=O)c1cc(C(=O)N[C@H](C)c2ccc3c(c2)COC3=O)c2n1CCCC2. The maximum absolute atomic E-state index is 13.3. The van der Waals surface area contributed by atoms with Crippen LogP contribution in [-0.2, 0) is 24.3 Å². The highest BCUT2D eigenvalue weighted by Gasteiger charge is 2.32. The number of cyclic esters (lactones) is 1. The van der Waals surface area contributed by atoms with Crippen molar-refractivity contribution < 1.29 is 19.1 Å². The van der Waals surface area contributed by atoms with Crippen molar-refractivity contribution in [3.63, 3.8) is 0 Å². The molecule has 7 nitrogen and oxygen atoms in total. The van der Waals surface area contributed by atoms with Crippen LogP contribution < -0.4 is 5.32 Å². The Hall–Kier alpha value is -3.09. The molecule has 0 spiro atoms. The fraction of sp³-hybridized carbons (Fsp3) is 0.480. The van der Waals surface area contributed by atoms with Crippen LogP contribution >= 0.6 is 0 Å². The van der Waals surface area contributed by atoms with Crippen molar-refractivity contribution in [1.82, 2.24) is 14.8 Å². The zero-order valence-corrected chi connectivity index (χ0v) is 18.6. The monoisotopic (exact) mass is 435 g/mol. The molecule has 4 heterocycles. The maximum atomic E-state index is 13.3. The Balaban J connectivity index is 1.39. The summed E-state index contributed by atoms with van der Waals surface area (Å²) in [6, 6.07) is 7.34. The number of hydrogen-bond acceptors (Lipinski definition) is 4. The van der Waals surface area contributed by atoms with E-state index in [1.807, 2.05) is 24.0 Å². The van der Waals surface area contributed by atoms with Crippen LogP contribution in [0.4, 0.5) is 0 Å². The molecule has 0 aliphatic carbocycles. The summed E-state index contributed by atoms with van der Waals surface area (Å²) in [6.07, 6.45) is 4.90. The second kappa shape index (κ2) is 8.11. The second-order valence-electron chi connectivity index (χ2n) is 9.18. The molecule has 168 valence electrons. The van der Waals surface area contributed by atoms with Gasteiger partial charge in [0, 0.05) is 30.4 Å². The standard InChI is InChI=1S/C25H29N3O4/c1-15-6-5-11-27(15)24(30)22-13-20(21-7-3-4-10-28(21)22)23(29)26-16(2)17-8-9-19-18(12-17)14-32-25(19)31/h8-9,12-13,15-16H,3-7,10-11,14H2,1-2H3,(H,26,29)/t15?,16-/m1/s1. The van der Waals surface area contributed by atoms with Gasteiger partial charge in [-0.05, 0) is 69.7 Å². The molecule has 1 aromatic carbocycles. The molecule has 5 rings (SSSR count). The number of hydrogen-bond donors (Lipinski definition) is 1. The molecular formula is C25H29N3O4. The zero-order chi connectivity index (χ0) is 22.4. The molecule has 3 aliphatic heterocycles. The highest BCUT2D eigenvalue weighted by atomic mass is 16.5. The number of nitrogens with one attached hydrogen (secondary N) is 1. The van der Waals surface area contributed by atoms with E-state index in [1.165, 1.54) is 0 Å². The number of amides is 2. The number of esters is 1. The lowest BCUT2D eigenvalue weighted by molar-refractivity contribution is 0.0534. The van der Waals surface area contributed by atoms with Gasteiger partial charge in [-0.3, -0.25) is 9.59 Å². The molecule has 1 unspecified atom stereocenters. The predicted octanol–water partition coefficient (Wildman–Crippen LogP) is 3.61. The molecule has 2 atom stereocenters. The lowest BCUT2D eigenvalue weighted by atomic mass is 10.0. The number of nitrogens with zero attached hydrogens (tertiary/aromatic N) is 2. The van der Waals surface area contributed by atoms with E-state index in [4.69, 9.17) is 4.74 Å². The van der Waals surface area contributed by atoms with E-state index in [2.05, 4.69) is 16.8 Å². The molecule has 1 fully saturated rings. The summed E-state index contributed by atoms with van der Waals surface area (Å²) in [6.45, 7) is 5.85. The quantitative estimate of drug-likeness (QED) is 0.744. The lowest BCUT2D eigenvalue weighted by Gasteiger charge is -2.24. The summed E-state index contributed by atoms with van der Waals surface area (Å²) in [5, 5.41) is 3.09. The van der Waals surface area contributed by atoms with Gasteiger partial charge in [-0.15, -0.1) is 0 Å². The molecule has 3 aliphatic rings. The average Bonchev–Trinajstić information content (AvgIpc) is 3.50. The minimum atomic E-state index is -0.298. The lowest BCUT2D eigenvalue weighted by Crippen LogP contribution is -2.35. The number of aromatic nitrogens is 1. The van der Waals surface area contributed by atoms with Crippen LogP contribution in [-0.4, -0.2) is 39.8 Å². The van der Waals surface area contributed by atoms with Crippen molar-refractivity contribution in [3.05, 3.63) is 57.9 Å². The second-order valence-corrected chi connectivity index (χ2v) is 9.18. The van der Waals surface area contributed by atoms with Gasteiger partial charge >= 0.3 is 5.97 Å². The first-order valence-electron chi connectivity index (χ1n) is 11.6. The molecule has 1 N–H and O–H groups in total. The molecule has 0 bridgehead atoms. The van der Waals surface area contributed by atoms with Crippen molar-refractivity contribution >= 4 is 17.8 Å². The van der Waals surface area contributed by atoms with Gasteiger partial charge in [-0.2, -0.15) is 0 Å². The van der Waals surface area contributed by atoms with Crippen LogP contribution in [0.2, 0.25) is 0 Å². The van der Waals surface area contributed by atoms with Crippen molar-refractivity contribution in [1.29, 1.82) is 0 Å². The maximum Gasteiger partial charge on any atom is 0.338 e. The van der Waals surface area contributed by atoms with Gasteiger partial charge in [0.2, 0.25) is 0 Å². The third kappa shape index (κ3) is 3.49. The Labute approximate surface area is 187 Å². The van der Waals surface area contributed by atoms with Crippen LogP contribution in [0, 0.1) is 0 Å². The van der Waals surface area contributed by atoms with Crippen LogP contribution in [0.5, 0.6) is 0 Å². The first-order chi connectivity index (χ1) is 15.4. The number of fused-ring (bicyclic) bond motifs is 2. The molecule has 7 heteroatoms. The van der Waals surface area contributed by atoms with Crippen molar-refractivity contribution in [2.75, 3.05) is 6.54 Å². The number of carbonyl (C=O) groups excluding carboxylic acids is 3. The minimum absolute atomic E-state index is 0.0357. The van der Waals surface area contributed by atoms with Gasteiger partial charge in [0.25, 0.3) is 11.8 Å². The van der Waals surface area contributed by atoms with Gasteiger partial charge in [0.15, 0.2) is 0 Å². The molecular weight excluding hydrogens is 406 g/mol. The Kier molecular flexibility index (Phi) is 5.27. The normalized spacial score (nSPS) is 20.5. The summed E-state index contributed by atoms with van der Waals surface area (Å²) < 4.78 is 7.14. The van der Waals surface area contributed by atoms with Crippen molar-refractivity contribution in [2.45, 2.75) is 71.2 Å². The van der Waals surface area contributed by atoms with Crippen molar-refractivity contribution in [3.8, 4) is 0 Å². The van der Waals surface area contributed by atoms with E-state index in [0.717, 1.165) is 62.0 Å². The summed E-state index contributed by atoms with van der Waals surface area (Å²) >= 11 is 0. The number of likely N-dealkylation sites (tertiary alicyclic amines) is 1. The average molecular weight is 436 g/mol. The molecule has 1 aromatic heterocycles. The summed E-state index contributed by atoms with van der Waals surface area (Å²) in [7, 11) is 0. The largest absolute Gasteiger partial charge is 0.457 e. The fourth-order valence-electron chi connectivity index (χ4n) is 5.21. The van der Waals surface area contributed by atoms with Gasteiger partial charge in [-0.1, -0.05) is 6.07 Å². The Morgan fingerprint density at radius 2 is 2.00 bits per heavy atom. The van der Waals surface area contributed by atoms with E-state index < -0.39 is 0 Å². The first kappa shape index (κ1) is 20.8. The summed E-state index contributed by atoms with van der Waals surface area (Å²) in [5.74, 6) is -0.425. The number of benzene rings is 1. The Morgan fingerprint density at radius 3 is 2.78 bits per heavy atom. The van der Waals surface area contributed by atoms with Gasteiger partial charge in [0.05, 0.1) is 17.2 Å². The molecule has 0 radical (unpaired) electrons. The van der Waals surface area contributed by atoms with E-state index in [1.54, 1.807) is 12.1 Å². The van der Waals surface area contributed by atoms with Crippen LogP contribution in [0.3, 0.4) is 0 Å². The number of carbonyl (C=O) groups is 3. The van der Waals surface area contributed by atoms with Crippen molar-refractivity contribution in [2.24, 2.45) is 0 Å². The third-order valence-corrected chi connectivity index (χ3v) is 7.09. The van der Waals surface area contributed by atoms with Crippen LogP contribution in [0.25, 0.3) is 0 Å². The number of rotatable bonds is 4. The number of ether oxygens (including phenoxy) is 1. The topological polar surface area (TPSA) is 80.6 Å². The Morgan fingerprint density at radius 1 is 1.16 bits per heavy atom. The van der Waals surface area contributed by atoms with Crippen LogP contribution in [0.1, 0.15) is 93.6 Å². The smallest absolute Gasteiger partial charge is 0.338 e. The molecule has 0 saturated carbocycles. The van der Waals surface area contributed by atoms with Crippen LogP contribution in [0.15, 0.2) is 24.3 Å². The van der Waals surface area contributed by atoms with E-state index in [-0.39, 0.29) is 36.5 Å². The van der Waals surface area contributed by atoms with E-state index in [0.29, 0.717) is 16.8 Å². The highest BCUT2D eigenvalue weighted by Crippen LogP contribution is 2.28. The predicted molar refractivity (Wildman–Crippen MR) is 119 cm³/mol. The zero-order valence-electron chi connectivity index (χ0n) is 18.6. The molecule has 2 aromatic rings. The minimum Gasteiger partial charge on any atom is -0.457 e.